The van der Waals surface area contributed by atoms with Gasteiger partial charge in [-0.25, -0.2) is 15.0 Å². The van der Waals surface area contributed by atoms with Crippen molar-refractivity contribution >= 4 is 5.91 Å². The van der Waals surface area contributed by atoms with E-state index in [2.05, 4.69) is 15.0 Å². The molecule has 1 atom stereocenters. The third-order valence-electron chi connectivity index (χ3n) is 4.22. The molecule has 1 N–H and O–H groups in total. The van der Waals surface area contributed by atoms with Crippen LogP contribution in [-0.2, 0) is 6.61 Å². The van der Waals surface area contributed by atoms with Gasteiger partial charge < -0.3 is 14.4 Å². The molecule has 0 aliphatic carbocycles. The van der Waals surface area contributed by atoms with Crippen molar-refractivity contribution in [1.29, 1.82) is 0 Å². The van der Waals surface area contributed by atoms with E-state index in [4.69, 9.17) is 4.42 Å². The van der Waals surface area contributed by atoms with Gasteiger partial charge in [0.25, 0.3) is 5.91 Å². The number of aryl methyl sites for hydroxylation is 2. The highest BCUT2D eigenvalue weighted by Crippen LogP contribution is 2.29. The van der Waals surface area contributed by atoms with E-state index in [1.165, 1.54) is 6.39 Å². The Morgan fingerprint density at radius 1 is 1.43 bits per heavy atom. The predicted molar refractivity (Wildman–Crippen MR) is 81.8 cm³/mol. The van der Waals surface area contributed by atoms with Gasteiger partial charge in [0.2, 0.25) is 5.76 Å². The van der Waals surface area contributed by atoms with Gasteiger partial charge >= 0.3 is 0 Å². The number of aliphatic hydroxyl groups is 1. The van der Waals surface area contributed by atoms with Gasteiger partial charge in [-0.1, -0.05) is 0 Å². The summed E-state index contributed by atoms with van der Waals surface area (Å²) in [6.45, 7) is 4.74. The lowest BCUT2D eigenvalue weighted by molar-refractivity contribution is 0.0672. The van der Waals surface area contributed by atoms with Crippen LogP contribution in [0.25, 0.3) is 0 Å². The van der Waals surface area contributed by atoms with Gasteiger partial charge in [0.15, 0.2) is 6.39 Å². The number of nitrogens with zero attached hydrogens (tertiary/aromatic N) is 4. The van der Waals surface area contributed by atoms with Crippen LogP contribution in [-0.4, -0.2) is 44.0 Å². The fourth-order valence-corrected chi connectivity index (χ4v) is 3.02. The van der Waals surface area contributed by atoms with Crippen LogP contribution in [0, 0.1) is 13.8 Å². The van der Waals surface area contributed by atoms with E-state index in [0.717, 1.165) is 24.1 Å². The van der Waals surface area contributed by atoms with Crippen LogP contribution < -0.4 is 0 Å². The summed E-state index contributed by atoms with van der Waals surface area (Å²) in [5.74, 6) is 0.930. The summed E-state index contributed by atoms with van der Waals surface area (Å²) < 4.78 is 5.22. The van der Waals surface area contributed by atoms with Crippen LogP contribution in [0.5, 0.6) is 0 Å². The number of amides is 1. The third kappa shape index (κ3) is 3.10. The molecule has 1 amide bonds. The first-order chi connectivity index (χ1) is 11.1. The molecule has 23 heavy (non-hydrogen) atoms. The van der Waals surface area contributed by atoms with Crippen LogP contribution >= 0.6 is 0 Å². The second kappa shape index (κ2) is 6.45. The fourth-order valence-electron chi connectivity index (χ4n) is 3.02. The molecule has 1 fully saturated rings. The van der Waals surface area contributed by atoms with E-state index in [1.54, 1.807) is 18.0 Å². The Kier molecular flexibility index (Phi) is 4.38. The first-order valence-corrected chi connectivity index (χ1v) is 7.72. The van der Waals surface area contributed by atoms with Gasteiger partial charge in [0.05, 0.1) is 18.0 Å². The van der Waals surface area contributed by atoms with E-state index >= 15 is 0 Å². The van der Waals surface area contributed by atoms with E-state index < -0.39 is 0 Å². The highest BCUT2D eigenvalue weighted by atomic mass is 16.3. The number of piperidine rings is 1. The molecule has 122 valence electrons. The van der Waals surface area contributed by atoms with Crippen molar-refractivity contribution in [2.24, 2.45) is 0 Å². The van der Waals surface area contributed by atoms with Gasteiger partial charge in [0, 0.05) is 30.8 Å². The number of carbonyl (C=O) groups is 1. The molecule has 1 saturated heterocycles. The maximum Gasteiger partial charge on any atom is 0.291 e. The molecule has 0 radical (unpaired) electrons. The third-order valence-corrected chi connectivity index (χ3v) is 4.22. The Balaban J connectivity index is 1.83. The van der Waals surface area contributed by atoms with Crippen molar-refractivity contribution in [2.75, 3.05) is 13.1 Å². The van der Waals surface area contributed by atoms with Gasteiger partial charge in [0.1, 0.15) is 5.82 Å². The lowest BCUT2D eigenvalue weighted by Gasteiger charge is -2.32. The van der Waals surface area contributed by atoms with Crippen LogP contribution in [0.15, 0.2) is 17.0 Å². The molecule has 7 heteroatoms. The summed E-state index contributed by atoms with van der Waals surface area (Å²) in [6, 6.07) is 0. The number of oxazole rings is 1. The monoisotopic (exact) mass is 316 g/mol. The van der Waals surface area contributed by atoms with Gasteiger partial charge in [-0.2, -0.15) is 0 Å². The minimum atomic E-state index is -0.138. The highest BCUT2D eigenvalue weighted by molar-refractivity contribution is 5.92. The lowest BCUT2D eigenvalue weighted by atomic mass is 9.92. The number of hydrogen-bond donors (Lipinski definition) is 1. The molecule has 1 unspecified atom stereocenters. The molecular formula is C16H20N4O3. The van der Waals surface area contributed by atoms with Crippen molar-refractivity contribution in [1.82, 2.24) is 19.9 Å². The number of aromatic nitrogens is 3. The number of hydrogen-bond acceptors (Lipinski definition) is 6. The summed E-state index contributed by atoms with van der Waals surface area (Å²) >= 11 is 0. The normalized spacial score (nSPS) is 18.2. The molecule has 0 aromatic carbocycles. The second-order valence-corrected chi connectivity index (χ2v) is 5.84. The Labute approximate surface area is 134 Å². The van der Waals surface area contributed by atoms with Crippen molar-refractivity contribution < 1.29 is 14.3 Å². The first-order valence-electron chi connectivity index (χ1n) is 7.72. The molecule has 0 saturated carbocycles. The van der Waals surface area contributed by atoms with Crippen LogP contribution in [0.2, 0.25) is 0 Å². The molecule has 3 rings (SSSR count). The summed E-state index contributed by atoms with van der Waals surface area (Å²) in [5, 5.41) is 9.52. The average Bonchev–Trinajstić information content (AvgIpc) is 3.00. The lowest BCUT2D eigenvalue weighted by Crippen LogP contribution is -2.39. The standard InChI is InChI=1S/C16H20N4O3/c1-10-15(23-9-18-10)16(22)20-5-3-4-12(7-20)14-13(8-21)6-17-11(2)19-14/h6,9,12,21H,3-5,7-8H2,1-2H3. The quantitative estimate of drug-likeness (QED) is 0.924. The molecule has 7 nitrogen and oxygen atoms in total. The molecular weight excluding hydrogens is 296 g/mol. The summed E-state index contributed by atoms with van der Waals surface area (Å²) in [4.78, 5) is 27.0. The minimum Gasteiger partial charge on any atom is -0.438 e. The molecule has 0 spiro atoms. The topological polar surface area (TPSA) is 92.4 Å². The zero-order chi connectivity index (χ0) is 16.4. The molecule has 1 aliphatic heterocycles. The van der Waals surface area contributed by atoms with Gasteiger partial charge in [-0.05, 0) is 26.7 Å². The summed E-state index contributed by atoms with van der Waals surface area (Å²) in [7, 11) is 0. The van der Waals surface area contributed by atoms with E-state index in [-0.39, 0.29) is 18.4 Å². The van der Waals surface area contributed by atoms with Crippen LogP contribution in [0.3, 0.4) is 0 Å². The summed E-state index contributed by atoms with van der Waals surface area (Å²) in [6.07, 6.45) is 4.78. The number of carbonyl (C=O) groups excluding carboxylic acids is 1. The van der Waals surface area contributed by atoms with E-state index in [0.29, 0.717) is 30.4 Å². The molecule has 1 aliphatic rings. The maximum absolute atomic E-state index is 12.6. The Morgan fingerprint density at radius 3 is 2.96 bits per heavy atom. The predicted octanol–water partition coefficient (Wildman–Crippen LogP) is 1.59. The highest BCUT2D eigenvalue weighted by Gasteiger charge is 2.30. The minimum absolute atomic E-state index is 0.0960. The largest absolute Gasteiger partial charge is 0.438 e. The van der Waals surface area contributed by atoms with Crippen LogP contribution in [0.4, 0.5) is 0 Å². The Morgan fingerprint density at radius 2 is 2.26 bits per heavy atom. The number of likely N-dealkylation sites (tertiary alicyclic amines) is 1. The van der Waals surface area contributed by atoms with E-state index in [1.807, 2.05) is 6.92 Å². The molecule has 2 aromatic rings. The van der Waals surface area contributed by atoms with E-state index in [9.17, 15) is 9.90 Å². The van der Waals surface area contributed by atoms with Gasteiger partial charge in [-0.3, -0.25) is 4.79 Å². The molecule has 0 bridgehead atoms. The fraction of sp³-hybridized carbons (Fsp3) is 0.500. The maximum atomic E-state index is 12.6. The Hall–Kier alpha value is -2.28. The molecule has 3 heterocycles. The Bertz CT molecular complexity index is 713. The zero-order valence-electron chi connectivity index (χ0n) is 13.3. The van der Waals surface area contributed by atoms with Crippen molar-refractivity contribution in [3.8, 4) is 0 Å². The van der Waals surface area contributed by atoms with Crippen LogP contribution in [0.1, 0.15) is 52.1 Å². The number of aliphatic hydroxyl groups excluding tert-OH is 1. The van der Waals surface area contributed by atoms with Crippen molar-refractivity contribution in [3.05, 3.63) is 41.1 Å². The average molecular weight is 316 g/mol. The zero-order valence-corrected chi connectivity index (χ0v) is 13.3. The smallest absolute Gasteiger partial charge is 0.291 e. The van der Waals surface area contributed by atoms with Gasteiger partial charge in [-0.15, -0.1) is 0 Å². The van der Waals surface area contributed by atoms with Crippen molar-refractivity contribution in [2.45, 2.75) is 39.2 Å². The second-order valence-electron chi connectivity index (χ2n) is 5.84. The number of rotatable bonds is 3. The van der Waals surface area contributed by atoms with Crippen molar-refractivity contribution in [3.63, 3.8) is 0 Å². The summed E-state index contributed by atoms with van der Waals surface area (Å²) in [5.41, 5.74) is 2.17. The molecule has 2 aromatic heterocycles. The SMILES string of the molecule is Cc1ncc(CO)c(C2CCCN(C(=O)c3ocnc3C)C2)n1. The first kappa shape index (κ1) is 15.6.